The van der Waals surface area contributed by atoms with Crippen LogP contribution < -0.4 is 5.32 Å². The highest BCUT2D eigenvalue weighted by Crippen LogP contribution is 2.24. The normalized spacial score (nSPS) is 31.1. The summed E-state index contributed by atoms with van der Waals surface area (Å²) < 4.78 is 0. The summed E-state index contributed by atoms with van der Waals surface area (Å²) in [6, 6.07) is 0.736. The van der Waals surface area contributed by atoms with E-state index in [0.29, 0.717) is 0 Å². The van der Waals surface area contributed by atoms with E-state index in [1.54, 1.807) is 0 Å². The Morgan fingerprint density at radius 1 is 1.10 bits per heavy atom. The first-order valence-corrected chi connectivity index (χ1v) is 8.70. The lowest BCUT2D eigenvalue weighted by atomic mass is 9.87. The highest BCUT2D eigenvalue weighted by Gasteiger charge is 2.24. The molecule has 0 aromatic heterocycles. The van der Waals surface area contributed by atoms with Gasteiger partial charge in [0.15, 0.2) is 0 Å². The minimum Gasteiger partial charge on any atom is -0.312 e. The van der Waals surface area contributed by atoms with Gasteiger partial charge in [-0.3, -0.25) is 0 Å². The average Bonchev–Trinajstić information content (AvgIpc) is 2.42. The zero-order valence-corrected chi connectivity index (χ0v) is 14.1. The second kappa shape index (κ2) is 7.77. The zero-order valence-electron chi connectivity index (χ0n) is 14.1. The van der Waals surface area contributed by atoms with Crippen molar-refractivity contribution < 1.29 is 0 Å². The Morgan fingerprint density at radius 3 is 2.40 bits per heavy atom. The van der Waals surface area contributed by atoms with Gasteiger partial charge < -0.3 is 15.1 Å². The molecule has 2 aliphatic heterocycles. The van der Waals surface area contributed by atoms with E-state index in [4.69, 9.17) is 0 Å². The zero-order chi connectivity index (χ0) is 14.5. The van der Waals surface area contributed by atoms with Crippen molar-refractivity contribution in [2.45, 2.75) is 46.1 Å². The van der Waals surface area contributed by atoms with Gasteiger partial charge in [0.25, 0.3) is 0 Å². The van der Waals surface area contributed by atoms with Crippen molar-refractivity contribution in [1.82, 2.24) is 15.1 Å². The van der Waals surface area contributed by atoms with Crippen molar-refractivity contribution in [3.63, 3.8) is 0 Å². The molecule has 0 amide bonds. The molecule has 2 saturated heterocycles. The molecule has 0 bridgehead atoms. The molecule has 0 radical (unpaired) electrons. The van der Waals surface area contributed by atoms with Crippen LogP contribution in [0.1, 0.15) is 40.0 Å². The maximum absolute atomic E-state index is 3.80. The molecule has 0 aromatic carbocycles. The first kappa shape index (κ1) is 16.3. The van der Waals surface area contributed by atoms with E-state index in [-0.39, 0.29) is 0 Å². The Labute approximate surface area is 126 Å². The molecule has 2 aliphatic rings. The lowest BCUT2D eigenvalue weighted by Gasteiger charge is -2.37. The topological polar surface area (TPSA) is 18.5 Å². The number of hydrogen-bond donors (Lipinski definition) is 1. The Morgan fingerprint density at radius 2 is 1.80 bits per heavy atom. The fraction of sp³-hybridized carbons (Fsp3) is 1.00. The Bertz CT molecular complexity index is 271. The van der Waals surface area contributed by atoms with Crippen LogP contribution in [0.2, 0.25) is 0 Å². The quantitative estimate of drug-likeness (QED) is 0.834. The van der Waals surface area contributed by atoms with Crippen LogP contribution in [0, 0.1) is 17.8 Å². The fourth-order valence-corrected chi connectivity index (χ4v) is 3.91. The van der Waals surface area contributed by atoms with Crippen LogP contribution in [0.3, 0.4) is 0 Å². The summed E-state index contributed by atoms with van der Waals surface area (Å²) in [5.74, 6) is 2.63. The Balaban J connectivity index is 1.60. The van der Waals surface area contributed by atoms with Gasteiger partial charge in [0.1, 0.15) is 0 Å². The second-order valence-corrected chi connectivity index (χ2v) is 7.51. The van der Waals surface area contributed by atoms with Crippen LogP contribution in [0.4, 0.5) is 0 Å². The number of likely N-dealkylation sites (tertiary alicyclic amines) is 2. The van der Waals surface area contributed by atoms with Gasteiger partial charge in [0, 0.05) is 25.7 Å². The van der Waals surface area contributed by atoms with Gasteiger partial charge in [-0.1, -0.05) is 20.8 Å². The monoisotopic (exact) mass is 281 g/mol. The molecular weight excluding hydrogens is 246 g/mol. The van der Waals surface area contributed by atoms with Gasteiger partial charge in [-0.25, -0.2) is 0 Å². The third-order valence-corrected chi connectivity index (χ3v) is 5.52. The number of hydrogen-bond acceptors (Lipinski definition) is 3. The summed E-state index contributed by atoms with van der Waals surface area (Å²) in [6.45, 7) is 14.7. The first-order chi connectivity index (χ1) is 9.56. The van der Waals surface area contributed by atoms with Gasteiger partial charge in [0.05, 0.1) is 0 Å². The van der Waals surface area contributed by atoms with Crippen LogP contribution in [0.5, 0.6) is 0 Å². The van der Waals surface area contributed by atoms with Crippen LogP contribution in [-0.2, 0) is 0 Å². The lowest BCUT2D eigenvalue weighted by Crippen LogP contribution is -2.49. The number of piperidine rings is 2. The maximum Gasteiger partial charge on any atom is 0.0118 e. The summed E-state index contributed by atoms with van der Waals surface area (Å²) in [7, 11) is 2.24. The predicted octanol–water partition coefficient (Wildman–Crippen LogP) is 2.28. The van der Waals surface area contributed by atoms with E-state index in [0.717, 1.165) is 23.8 Å². The predicted molar refractivity (Wildman–Crippen MR) is 87.1 cm³/mol. The van der Waals surface area contributed by atoms with Crippen LogP contribution in [-0.4, -0.2) is 62.2 Å². The molecule has 0 saturated carbocycles. The van der Waals surface area contributed by atoms with Gasteiger partial charge >= 0.3 is 0 Å². The third-order valence-electron chi connectivity index (χ3n) is 5.52. The van der Waals surface area contributed by atoms with Gasteiger partial charge in [0.2, 0.25) is 0 Å². The first-order valence-electron chi connectivity index (χ1n) is 8.70. The number of rotatable bonds is 5. The molecule has 0 unspecified atom stereocenters. The summed E-state index contributed by atoms with van der Waals surface area (Å²) in [5, 5.41) is 3.80. The van der Waals surface area contributed by atoms with E-state index in [1.807, 2.05) is 0 Å². The van der Waals surface area contributed by atoms with Gasteiger partial charge in [-0.2, -0.15) is 0 Å². The summed E-state index contributed by atoms with van der Waals surface area (Å²) >= 11 is 0. The maximum atomic E-state index is 3.80. The van der Waals surface area contributed by atoms with Crippen molar-refractivity contribution in [2.75, 3.05) is 46.3 Å². The second-order valence-electron chi connectivity index (χ2n) is 7.51. The van der Waals surface area contributed by atoms with E-state index >= 15 is 0 Å². The van der Waals surface area contributed by atoms with Crippen molar-refractivity contribution in [3.8, 4) is 0 Å². The molecule has 0 aliphatic carbocycles. The SMILES string of the molecule is CC(C)C1CCN(CCN[C@@H]2CCN(C)C[C@H]2C)CC1. The summed E-state index contributed by atoms with van der Waals surface area (Å²) in [4.78, 5) is 5.12. The minimum absolute atomic E-state index is 0.736. The van der Waals surface area contributed by atoms with E-state index in [2.05, 4.69) is 42.9 Å². The Kier molecular flexibility index (Phi) is 6.31. The standard InChI is InChI=1S/C17H35N3/c1-14(2)16-5-10-20(11-6-16)12-8-18-17-7-9-19(4)13-15(17)3/h14-18H,5-13H2,1-4H3/t15-,17-/m1/s1. The highest BCUT2D eigenvalue weighted by atomic mass is 15.2. The fourth-order valence-electron chi connectivity index (χ4n) is 3.91. The molecule has 1 N–H and O–H groups in total. The molecular formula is C17H35N3. The van der Waals surface area contributed by atoms with Gasteiger partial charge in [-0.15, -0.1) is 0 Å². The number of nitrogens with one attached hydrogen (secondary N) is 1. The van der Waals surface area contributed by atoms with E-state index < -0.39 is 0 Å². The Hall–Kier alpha value is -0.120. The minimum atomic E-state index is 0.736. The molecule has 0 spiro atoms. The molecule has 3 heteroatoms. The van der Waals surface area contributed by atoms with Gasteiger partial charge in [-0.05, 0) is 63.7 Å². The molecule has 2 atom stereocenters. The molecule has 118 valence electrons. The molecule has 20 heavy (non-hydrogen) atoms. The summed E-state index contributed by atoms with van der Waals surface area (Å²) in [6.07, 6.45) is 4.12. The molecule has 0 aromatic rings. The van der Waals surface area contributed by atoms with Crippen molar-refractivity contribution in [3.05, 3.63) is 0 Å². The average molecular weight is 281 g/mol. The molecule has 2 heterocycles. The smallest absolute Gasteiger partial charge is 0.0118 e. The summed E-state index contributed by atoms with van der Waals surface area (Å²) in [5.41, 5.74) is 0. The van der Waals surface area contributed by atoms with E-state index in [9.17, 15) is 0 Å². The van der Waals surface area contributed by atoms with E-state index in [1.165, 1.54) is 58.5 Å². The largest absolute Gasteiger partial charge is 0.312 e. The molecule has 2 fully saturated rings. The highest BCUT2D eigenvalue weighted by molar-refractivity contribution is 4.82. The lowest BCUT2D eigenvalue weighted by molar-refractivity contribution is 0.145. The number of nitrogens with zero attached hydrogens (tertiary/aromatic N) is 2. The van der Waals surface area contributed by atoms with Crippen molar-refractivity contribution in [2.24, 2.45) is 17.8 Å². The van der Waals surface area contributed by atoms with Crippen molar-refractivity contribution in [1.29, 1.82) is 0 Å². The molecule has 2 rings (SSSR count). The van der Waals surface area contributed by atoms with Crippen molar-refractivity contribution >= 4 is 0 Å². The third kappa shape index (κ3) is 4.71. The van der Waals surface area contributed by atoms with Crippen LogP contribution in [0.15, 0.2) is 0 Å². The molecule has 3 nitrogen and oxygen atoms in total. The van der Waals surface area contributed by atoms with Crippen LogP contribution >= 0.6 is 0 Å². The van der Waals surface area contributed by atoms with Crippen LogP contribution in [0.25, 0.3) is 0 Å².